The molecule has 100 valence electrons. The van der Waals surface area contributed by atoms with Gasteiger partial charge in [0.25, 0.3) is 5.89 Å². The van der Waals surface area contributed by atoms with E-state index >= 15 is 0 Å². The van der Waals surface area contributed by atoms with Crippen LogP contribution in [-0.4, -0.2) is 20.2 Å². The van der Waals surface area contributed by atoms with E-state index in [0.717, 1.165) is 5.56 Å². The molecule has 0 fully saturated rings. The Balaban J connectivity index is 1.67. The summed E-state index contributed by atoms with van der Waals surface area (Å²) in [5.41, 5.74) is 1.73. The van der Waals surface area contributed by atoms with Crippen molar-refractivity contribution in [2.75, 3.05) is 5.32 Å². The minimum absolute atomic E-state index is 0.395. The Morgan fingerprint density at radius 1 is 1.20 bits per heavy atom. The van der Waals surface area contributed by atoms with Gasteiger partial charge >= 0.3 is 0 Å². The van der Waals surface area contributed by atoms with Crippen LogP contribution in [0.15, 0.2) is 47.5 Å². The number of benzene rings is 1. The molecule has 0 aliphatic heterocycles. The van der Waals surface area contributed by atoms with Gasteiger partial charge < -0.3 is 9.73 Å². The lowest BCUT2D eigenvalue weighted by Gasteiger charge is -2.05. The highest BCUT2D eigenvalue weighted by Gasteiger charge is 2.05. The maximum absolute atomic E-state index is 5.92. The monoisotopic (exact) mass is 287 g/mol. The van der Waals surface area contributed by atoms with E-state index in [9.17, 15) is 0 Å². The standard InChI is InChI=1S/C13H10ClN5O/c14-11-3-1-2-9(4-11)5-15-13-16-6-10(7-17-13)12-19-18-8-20-12/h1-4,6-8H,5H2,(H,15,16,17). The number of hydrogen-bond donors (Lipinski definition) is 1. The number of aromatic nitrogens is 4. The summed E-state index contributed by atoms with van der Waals surface area (Å²) in [6.45, 7) is 0.598. The van der Waals surface area contributed by atoms with Crippen molar-refractivity contribution < 1.29 is 4.42 Å². The molecule has 20 heavy (non-hydrogen) atoms. The fourth-order valence-electron chi connectivity index (χ4n) is 1.66. The molecule has 0 aliphatic carbocycles. The molecule has 0 radical (unpaired) electrons. The zero-order valence-electron chi connectivity index (χ0n) is 10.3. The van der Waals surface area contributed by atoms with Crippen LogP contribution in [0.25, 0.3) is 11.5 Å². The number of halogens is 1. The summed E-state index contributed by atoms with van der Waals surface area (Å²) in [6, 6.07) is 7.60. The first-order valence-corrected chi connectivity index (χ1v) is 6.26. The van der Waals surface area contributed by atoms with Crippen LogP contribution in [0.4, 0.5) is 5.95 Å². The predicted molar refractivity (Wildman–Crippen MR) is 74.1 cm³/mol. The van der Waals surface area contributed by atoms with E-state index in [4.69, 9.17) is 16.0 Å². The van der Waals surface area contributed by atoms with Gasteiger partial charge in [0.15, 0.2) is 0 Å². The van der Waals surface area contributed by atoms with Crippen LogP contribution in [0.5, 0.6) is 0 Å². The molecule has 1 aromatic carbocycles. The van der Waals surface area contributed by atoms with Crippen LogP contribution in [0.3, 0.4) is 0 Å². The Morgan fingerprint density at radius 2 is 2.05 bits per heavy atom. The first-order chi connectivity index (χ1) is 9.81. The summed E-state index contributed by atoms with van der Waals surface area (Å²) < 4.78 is 5.06. The lowest BCUT2D eigenvalue weighted by molar-refractivity contribution is 0.568. The lowest BCUT2D eigenvalue weighted by Crippen LogP contribution is -2.03. The Morgan fingerprint density at radius 3 is 2.75 bits per heavy atom. The number of rotatable bonds is 4. The van der Waals surface area contributed by atoms with E-state index in [-0.39, 0.29) is 0 Å². The molecule has 0 amide bonds. The lowest BCUT2D eigenvalue weighted by atomic mass is 10.2. The van der Waals surface area contributed by atoms with Gasteiger partial charge in [0, 0.05) is 24.0 Å². The molecular weight excluding hydrogens is 278 g/mol. The first kappa shape index (κ1) is 12.6. The average Bonchev–Trinajstić information content (AvgIpc) is 3.00. The Kier molecular flexibility index (Phi) is 3.56. The van der Waals surface area contributed by atoms with Crippen LogP contribution in [-0.2, 0) is 6.54 Å². The fraction of sp³-hybridized carbons (Fsp3) is 0.0769. The van der Waals surface area contributed by atoms with E-state index in [1.165, 1.54) is 6.39 Å². The van der Waals surface area contributed by atoms with Crippen molar-refractivity contribution in [2.45, 2.75) is 6.54 Å². The zero-order chi connectivity index (χ0) is 13.8. The number of nitrogens with one attached hydrogen (secondary N) is 1. The zero-order valence-corrected chi connectivity index (χ0v) is 11.1. The molecule has 0 saturated carbocycles. The third-order valence-electron chi connectivity index (χ3n) is 2.60. The van der Waals surface area contributed by atoms with Gasteiger partial charge in [-0.05, 0) is 17.7 Å². The molecule has 0 unspecified atom stereocenters. The molecule has 0 atom stereocenters. The van der Waals surface area contributed by atoms with Crippen LogP contribution in [0.1, 0.15) is 5.56 Å². The minimum atomic E-state index is 0.395. The highest BCUT2D eigenvalue weighted by Crippen LogP contribution is 2.15. The largest absolute Gasteiger partial charge is 0.423 e. The molecule has 2 heterocycles. The van der Waals surface area contributed by atoms with Crippen molar-refractivity contribution in [2.24, 2.45) is 0 Å². The van der Waals surface area contributed by atoms with Gasteiger partial charge in [-0.25, -0.2) is 9.97 Å². The number of hydrogen-bond acceptors (Lipinski definition) is 6. The molecule has 2 aromatic heterocycles. The topological polar surface area (TPSA) is 76.7 Å². The smallest absolute Gasteiger partial charge is 0.250 e. The fourth-order valence-corrected chi connectivity index (χ4v) is 1.87. The van der Waals surface area contributed by atoms with Gasteiger partial charge in [0.1, 0.15) is 0 Å². The highest BCUT2D eigenvalue weighted by atomic mass is 35.5. The third-order valence-corrected chi connectivity index (χ3v) is 2.83. The molecule has 3 rings (SSSR count). The second-order valence-electron chi connectivity index (χ2n) is 4.02. The second kappa shape index (κ2) is 5.66. The summed E-state index contributed by atoms with van der Waals surface area (Å²) in [5, 5.41) is 11.2. The molecule has 1 N–H and O–H groups in total. The van der Waals surface area contributed by atoms with Gasteiger partial charge in [-0.2, -0.15) is 0 Å². The predicted octanol–water partition coefficient (Wildman–Crippen LogP) is 2.79. The molecule has 0 bridgehead atoms. The van der Waals surface area contributed by atoms with E-state index in [1.807, 2.05) is 24.3 Å². The Hall–Kier alpha value is -2.47. The Labute approximate surface area is 119 Å². The van der Waals surface area contributed by atoms with Gasteiger partial charge in [-0.1, -0.05) is 23.7 Å². The SMILES string of the molecule is Clc1cccc(CNc2ncc(-c3nnco3)cn2)c1. The van der Waals surface area contributed by atoms with Crippen molar-refractivity contribution in [3.8, 4) is 11.5 Å². The van der Waals surface area contributed by atoms with Crippen molar-refractivity contribution in [1.82, 2.24) is 20.2 Å². The summed E-state index contributed by atoms with van der Waals surface area (Å²) in [6.07, 6.45) is 4.52. The average molecular weight is 288 g/mol. The van der Waals surface area contributed by atoms with Crippen LogP contribution in [0.2, 0.25) is 5.02 Å². The van der Waals surface area contributed by atoms with Crippen molar-refractivity contribution in [3.63, 3.8) is 0 Å². The van der Waals surface area contributed by atoms with E-state index in [0.29, 0.717) is 29.0 Å². The third kappa shape index (κ3) is 2.92. The van der Waals surface area contributed by atoms with Crippen molar-refractivity contribution in [1.29, 1.82) is 0 Å². The maximum Gasteiger partial charge on any atom is 0.250 e. The van der Waals surface area contributed by atoms with E-state index in [1.54, 1.807) is 12.4 Å². The van der Waals surface area contributed by atoms with Crippen LogP contribution in [0, 0.1) is 0 Å². The maximum atomic E-state index is 5.92. The summed E-state index contributed by atoms with van der Waals surface area (Å²) >= 11 is 5.92. The quantitative estimate of drug-likeness (QED) is 0.795. The summed E-state index contributed by atoms with van der Waals surface area (Å²) in [7, 11) is 0. The number of nitrogens with zero attached hydrogens (tertiary/aromatic N) is 4. The minimum Gasteiger partial charge on any atom is -0.423 e. The summed E-state index contributed by atoms with van der Waals surface area (Å²) in [4.78, 5) is 8.38. The Bertz CT molecular complexity index is 684. The van der Waals surface area contributed by atoms with Crippen LogP contribution >= 0.6 is 11.6 Å². The van der Waals surface area contributed by atoms with Crippen molar-refractivity contribution >= 4 is 17.5 Å². The molecule has 0 saturated heterocycles. The van der Waals surface area contributed by atoms with Gasteiger partial charge in [-0.15, -0.1) is 10.2 Å². The molecular formula is C13H10ClN5O. The van der Waals surface area contributed by atoms with Gasteiger partial charge in [-0.3, -0.25) is 0 Å². The molecule has 6 nitrogen and oxygen atoms in total. The van der Waals surface area contributed by atoms with E-state index in [2.05, 4.69) is 25.5 Å². The van der Waals surface area contributed by atoms with Gasteiger partial charge in [0.05, 0.1) is 5.56 Å². The highest BCUT2D eigenvalue weighted by molar-refractivity contribution is 6.30. The van der Waals surface area contributed by atoms with Crippen LogP contribution < -0.4 is 5.32 Å². The second-order valence-corrected chi connectivity index (χ2v) is 4.46. The molecule has 7 heteroatoms. The number of anilines is 1. The molecule has 3 aromatic rings. The van der Waals surface area contributed by atoms with Crippen molar-refractivity contribution in [3.05, 3.63) is 53.6 Å². The molecule has 0 spiro atoms. The van der Waals surface area contributed by atoms with Gasteiger partial charge in [0.2, 0.25) is 12.3 Å². The molecule has 0 aliphatic rings. The normalized spacial score (nSPS) is 10.4. The van der Waals surface area contributed by atoms with E-state index < -0.39 is 0 Å². The first-order valence-electron chi connectivity index (χ1n) is 5.88. The summed E-state index contributed by atoms with van der Waals surface area (Å²) in [5.74, 6) is 0.916.